The summed E-state index contributed by atoms with van der Waals surface area (Å²) in [4.78, 5) is 11.8. The van der Waals surface area contributed by atoms with Crippen molar-refractivity contribution in [1.29, 1.82) is 0 Å². The van der Waals surface area contributed by atoms with Gasteiger partial charge in [-0.1, -0.05) is 22.0 Å². The van der Waals surface area contributed by atoms with Gasteiger partial charge in [-0.05, 0) is 42.8 Å². The number of hydrazone groups is 1. The van der Waals surface area contributed by atoms with Crippen molar-refractivity contribution in [3.05, 3.63) is 52.0 Å². The number of carbonyl (C=O) groups excluding carboxylic acids is 1. The van der Waals surface area contributed by atoms with Gasteiger partial charge >= 0.3 is 0 Å². The molecule has 0 aromatic heterocycles. The average molecular weight is 407 g/mol. The Hall–Kier alpha value is -2.54. The van der Waals surface area contributed by atoms with Gasteiger partial charge in [-0.2, -0.15) is 5.10 Å². The van der Waals surface area contributed by atoms with Crippen molar-refractivity contribution in [2.45, 2.75) is 6.92 Å². The van der Waals surface area contributed by atoms with Crippen molar-refractivity contribution in [2.24, 2.45) is 5.10 Å². The summed E-state index contributed by atoms with van der Waals surface area (Å²) in [5, 5.41) is 3.95. The second kappa shape index (κ2) is 9.08. The zero-order valence-electron chi connectivity index (χ0n) is 14.2. The van der Waals surface area contributed by atoms with Gasteiger partial charge < -0.3 is 14.2 Å². The standard InChI is InChI=1S/C18H19BrN2O4/c1-12-7-16(23-2)17(24-3)8-13(12)10-20-21-18(22)11-25-15-6-4-5-14(19)9-15/h4-10H,11H2,1-3H3,(H,21,22)/b20-10+. The number of benzene rings is 2. The highest BCUT2D eigenvalue weighted by atomic mass is 79.9. The van der Waals surface area contributed by atoms with Crippen molar-refractivity contribution in [1.82, 2.24) is 5.43 Å². The fraction of sp³-hybridized carbons (Fsp3) is 0.222. The van der Waals surface area contributed by atoms with E-state index in [1.165, 1.54) is 0 Å². The lowest BCUT2D eigenvalue weighted by Crippen LogP contribution is -2.24. The lowest BCUT2D eigenvalue weighted by atomic mass is 10.1. The molecular weight excluding hydrogens is 388 g/mol. The van der Waals surface area contributed by atoms with E-state index >= 15 is 0 Å². The van der Waals surface area contributed by atoms with E-state index in [4.69, 9.17) is 14.2 Å². The summed E-state index contributed by atoms with van der Waals surface area (Å²) in [6.45, 7) is 1.79. The van der Waals surface area contributed by atoms with E-state index < -0.39 is 0 Å². The van der Waals surface area contributed by atoms with Crippen molar-refractivity contribution < 1.29 is 19.0 Å². The molecule has 0 saturated carbocycles. The second-order valence-corrected chi connectivity index (χ2v) is 6.02. The van der Waals surface area contributed by atoms with Crippen molar-refractivity contribution in [3.63, 3.8) is 0 Å². The predicted octanol–water partition coefficient (Wildman–Crippen LogP) is 3.30. The minimum Gasteiger partial charge on any atom is -0.493 e. The molecule has 1 amide bonds. The SMILES string of the molecule is COc1cc(C)c(/C=N/NC(=O)COc2cccc(Br)c2)cc1OC. The van der Waals surface area contributed by atoms with E-state index in [0.29, 0.717) is 17.2 Å². The summed E-state index contributed by atoms with van der Waals surface area (Å²) in [5.41, 5.74) is 4.19. The van der Waals surface area contributed by atoms with Crippen molar-refractivity contribution in [2.75, 3.05) is 20.8 Å². The average Bonchev–Trinajstić information content (AvgIpc) is 2.61. The minimum atomic E-state index is -0.352. The zero-order valence-corrected chi connectivity index (χ0v) is 15.8. The third-order valence-electron chi connectivity index (χ3n) is 3.33. The summed E-state index contributed by atoms with van der Waals surface area (Å²) < 4.78 is 16.8. The maximum atomic E-state index is 11.8. The smallest absolute Gasteiger partial charge is 0.277 e. The normalized spacial score (nSPS) is 10.6. The van der Waals surface area contributed by atoms with E-state index in [0.717, 1.165) is 15.6 Å². The van der Waals surface area contributed by atoms with Crippen LogP contribution in [0.4, 0.5) is 0 Å². The molecule has 2 rings (SSSR count). The van der Waals surface area contributed by atoms with Gasteiger partial charge in [-0.15, -0.1) is 0 Å². The molecule has 0 bridgehead atoms. The summed E-state index contributed by atoms with van der Waals surface area (Å²) in [5.74, 6) is 1.49. The Morgan fingerprint density at radius 2 is 1.92 bits per heavy atom. The Balaban J connectivity index is 1.93. The first-order chi connectivity index (χ1) is 12.0. The number of amides is 1. The molecule has 6 nitrogen and oxygen atoms in total. The molecule has 0 atom stereocenters. The quantitative estimate of drug-likeness (QED) is 0.565. The Bertz CT molecular complexity index is 778. The van der Waals surface area contributed by atoms with Crippen molar-refractivity contribution >= 4 is 28.1 Å². The fourth-order valence-corrected chi connectivity index (χ4v) is 2.43. The summed E-state index contributed by atoms with van der Waals surface area (Å²) in [6.07, 6.45) is 1.55. The van der Waals surface area contributed by atoms with E-state index in [1.807, 2.05) is 25.1 Å². The molecule has 0 aliphatic heterocycles. The van der Waals surface area contributed by atoms with Gasteiger partial charge in [-0.3, -0.25) is 4.79 Å². The molecule has 0 aliphatic rings. The Labute approximate surface area is 154 Å². The minimum absolute atomic E-state index is 0.126. The van der Waals surface area contributed by atoms with Crippen LogP contribution < -0.4 is 19.6 Å². The predicted molar refractivity (Wildman–Crippen MR) is 99.7 cm³/mol. The van der Waals surface area contributed by atoms with E-state index in [9.17, 15) is 4.79 Å². The van der Waals surface area contributed by atoms with Crippen LogP contribution in [0.1, 0.15) is 11.1 Å². The van der Waals surface area contributed by atoms with Crippen LogP contribution in [0.15, 0.2) is 46.0 Å². The number of carbonyl (C=O) groups is 1. The lowest BCUT2D eigenvalue weighted by Gasteiger charge is -2.10. The first kappa shape index (κ1) is 18.8. The number of aryl methyl sites for hydroxylation is 1. The number of methoxy groups -OCH3 is 2. The van der Waals surface area contributed by atoms with Gasteiger partial charge in [0.2, 0.25) is 0 Å². The van der Waals surface area contributed by atoms with Crippen LogP contribution in [-0.2, 0) is 4.79 Å². The molecule has 25 heavy (non-hydrogen) atoms. The number of halogens is 1. The number of nitrogens with zero attached hydrogens (tertiary/aromatic N) is 1. The molecular formula is C18H19BrN2O4. The molecule has 1 N–H and O–H groups in total. The molecule has 0 heterocycles. The van der Waals surface area contributed by atoms with E-state index in [-0.39, 0.29) is 12.5 Å². The first-order valence-electron chi connectivity index (χ1n) is 7.46. The molecule has 0 aliphatic carbocycles. The maximum Gasteiger partial charge on any atom is 0.277 e. The highest BCUT2D eigenvalue weighted by Crippen LogP contribution is 2.29. The number of nitrogens with one attached hydrogen (secondary N) is 1. The molecule has 0 fully saturated rings. The third-order valence-corrected chi connectivity index (χ3v) is 3.82. The van der Waals surface area contributed by atoms with Gasteiger partial charge in [0.15, 0.2) is 18.1 Å². The molecule has 132 valence electrons. The summed E-state index contributed by atoms with van der Waals surface area (Å²) in [7, 11) is 3.14. The number of hydrogen-bond donors (Lipinski definition) is 1. The van der Waals surface area contributed by atoms with Gasteiger partial charge in [0.25, 0.3) is 5.91 Å². The summed E-state index contributed by atoms with van der Waals surface area (Å²) >= 11 is 3.34. The molecule has 0 spiro atoms. The largest absolute Gasteiger partial charge is 0.493 e. The number of hydrogen-bond acceptors (Lipinski definition) is 5. The Morgan fingerprint density at radius 1 is 1.20 bits per heavy atom. The molecule has 0 saturated heterocycles. The lowest BCUT2D eigenvalue weighted by molar-refractivity contribution is -0.123. The molecule has 7 heteroatoms. The highest BCUT2D eigenvalue weighted by molar-refractivity contribution is 9.10. The number of ether oxygens (including phenoxy) is 3. The van der Waals surface area contributed by atoms with Crippen LogP contribution in [0.3, 0.4) is 0 Å². The third kappa shape index (κ3) is 5.49. The van der Waals surface area contributed by atoms with Crippen LogP contribution in [0.25, 0.3) is 0 Å². The topological polar surface area (TPSA) is 69.2 Å². The van der Waals surface area contributed by atoms with Gasteiger partial charge in [-0.25, -0.2) is 5.43 Å². The van der Waals surface area contributed by atoms with Gasteiger partial charge in [0, 0.05) is 10.0 Å². The van der Waals surface area contributed by atoms with Crippen LogP contribution in [0.2, 0.25) is 0 Å². The number of rotatable bonds is 7. The molecule has 0 unspecified atom stereocenters. The molecule has 0 radical (unpaired) electrons. The van der Waals surface area contributed by atoms with Crippen LogP contribution in [-0.4, -0.2) is 32.9 Å². The Morgan fingerprint density at radius 3 is 2.60 bits per heavy atom. The van der Waals surface area contributed by atoms with Crippen LogP contribution in [0.5, 0.6) is 17.2 Å². The molecule has 2 aromatic rings. The van der Waals surface area contributed by atoms with Crippen molar-refractivity contribution in [3.8, 4) is 17.2 Å². The molecule has 2 aromatic carbocycles. The zero-order chi connectivity index (χ0) is 18.2. The van der Waals surface area contributed by atoms with Gasteiger partial charge in [0.1, 0.15) is 5.75 Å². The van der Waals surface area contributed by atoms with E-state index in [1.54, 1.807) is 38.6 Å². The van der Waals surface area contributed by atoms with Gasteiger partial charge in [0.05, 0.1) is 20.4 Å². The highest BCUT2D eigenvalue weighted by Gasteiger charge is 2.07. The monoisotopic (exact) mass is 406 g/mol. The fourth-order valence-electron chi connectivity index (χ4n) is 2.05. The van der Waals surface area contributed by atoms with E-state index in [2.05, 4.69) is 26.5 Å². The van der Waals surface area contributed by atoms with Crippen LogP contribution >= 0.6 is 15.9 Å². The second-order valence-electron chi connectivity index (χ2n) is 5.10. The maximum absolute atomic E-state index is 11.8. The Kier molecular flexibility index (Phi) is 6.82. The van der Waals surface area contributed by atoms with Crippen LogP contribution in [0, 0.1) is 6.92 Å². The summed E-state index contributed by atoms with van der Waals surface area (Å²) in [6, 6.07) is 10.9. The first-order valence-corrected chi connectivity index (χ1v) is 8.25.